The van der Waals surface area contributed by atoms with Crippen molar-refractivity contribution in [1.29, 1.82) is 0 Å². The van der Waals surface area contributed by atoms with Gasteiger partial charge in [-0.3, -0.25) is 14.3 Å². The van der Waals surface area contributed by atoms with Gasteiger partial charge in [0.25, 0.3) is 5.56 Å². The molecule has 2 rings (SSSR count). The Bertz CT molecular complexity index is 594. The van der Waals surface area contributed by atoms with Gasteiger partial charge in [-0.1, -0.05) is 19.8 Å². The van der Waals surface area contributed by atoms with Gasteiger partial charge in [0, 0.05) is 12.2 Å². The van der Waals surface area contributed by atoms with Crippen molar-refractivity contribution in [3.8, 4) is 0 Å². The first kappa shape index (κ1) is 14.6. The largest absolute Gasteiger partial charge is 0.477 e. The van der Waals surface area contributed by atoms with Gasteiger partial charge >= 0.3 is 11.7 Å². The van der Waals surface area contributed by atoms with Crippen LogP contribution in [0.1, 0.15) is 61.8 Å². The molecule has 0 spiro atoms. The molecule has 6 nitrogen and oxygen atoms in total. The molecule has 1 aromatic rings. The highest BCUT2D eigenvalue weighted by atomic mass is 16.4. The van der Waals surface area contributed by atoms with E-state index in [0.717, 1.165) is 32.1 Å². The van der Waals surface area contributed by atoms with E-state index in [9.17, 15) is 14.4 Å². The Kier molecular flexibility index (Phi) is 4.42. The van der Waals surface area contributed by atoms with E-state index < -0.39 is 17.2 Å². The molecule has 0 saturated heterocycles. The maximum absolute atomic E-state index is 11.8. The Morgan fingerprint density at radius 3 is 2.55 bits per heavy atom. The summed E-state index contributed by atoms with van der Waals surface area (Å²) in [4.78, 5) is 36.3. The van der Waals surface area contributed by atoms with Crippen molar-refractivity contribution in [2.45, 2.75) is 51.5 Å². The number of carbonyl (C=O) groups is 1. The third-order valence-corrected chi connectivity index (χ3v) is 4.10. The van der Waals surface area contributed by atoms with Gasteiger partial charge in [-0.25, -0.2) is 9.59 Å². The van der Waals surface area contributed by atoms with E-state index in [0.29, 0.717) is 5.92 Å². The van der Waals surface area contributed by atoms with Gasteiger partial charge in [0.1, 0.15) is 5.56 Å². The molecule has 0 bridgehead atoms. The first-order chi connectivity index (χ1) is 9.52. The van der Waals surface area contributed by atoms with Crippen LogP contribution >= 0.6 is 0 Å². The van der Waals surface area contributed by atoms with Crippen molar-refractivity contribution in [2.24, 2.45) is 5.92 Å². The second-order valence-electron chi connectivity index (χ2n) is 5.48. The topological polar surface area (TPSA) is 92.2 Å². The summed E-state index contributed by atoms with van der Waals surface area (Å²) >= 11 is 0. The standard InChI is InChI=1S/C14H20N2O4/c1-2-3-9-4-6-10(7-5-9)16-8-11(13(18)19)12(17)15-14(16)20/h8-10H,2-7H2,1H3,(H,18,19)(H,15,17,20). The average molecular weight is 280 g/mol. The van der Waals surface area contributed by atoms with E-state index >= 15 is 0 Å². The number of H-pyrrole nitrogens is 1. The highest BCUT2D eigenvalue weighted by Crippen LogP contribution is 2.33. The molecule has 0 amide bonds. The molecule has 0 aliphatic heterocycles. The molecular weight excluding hydrogens is 260 g/mol. The number of carboxylic acid groups (broad SMARTS) is 1. The van der Waals surface area contributed by atoms with Crippen molar-refractivity contribution in [3.63, 3.8) is 0 Å². The lowest BCUT2D eigenvalue weighted by atomic mass is 9.83. The summed E-state index contributed by atoms with van der Waals surface area (Å²) in [5, 5.41) is 8.96. The molecule has 0 radical (unpaired) electrons. The minimum Gasteiger partial charge on any atom is -0.477 e. The number of hydrogen-bond donors (Lipinski definition) is 2. The summed E-state index contributed by atoms with van der Waals surface area (Å²) in [6.45, 7) is 2.16. The van der Waals surface area contributed by atoms with Gasteiger partial charge < -0.3 is 5.11 Å². The molecule has 1 aliphatic carbocycles. The van der Waals surface area contributed by atoms with Crippen LogP contribution in [0, 0.1) is 5.92 Å². The zero-order chi connectivity index (χ0) is 14.7. The zero-order valence-electron chi connectivity index (χ0n) is 11.6. The predicted molar refractivity (Wildman–Crippen MR) is 74.2 cm³/mol. The molecule has 1 saturated carbocycles. The number of nitrogens with one attached hydrogen (secondary N) is 1. The van der Waals surface area contributed by atoms with Crippen molar-refractivity contribution >= 4 is 5.97 Å². The molecule has 110 valence electrons. The van der Waals surface area contributed by atoms with Crippen LogP contribution in [0.15, 0.2) is 15.8 Å². The zero-order valence-corrected chi connectivity index (χ0v) is 11.6. The lowest BCUT2D eigenvalue weighted by molar-refractivity contribution is 0.0693. The van der Waals surface area contributed by atoms with Crippen molar-refractivity contribution in [3.05, 3.63) is 32.6 Å². The lowest BCUT2D eigenvalue weighted by Gasteiger charge is -2.29. The summed E-state index contributed by atoms with van der Waals surface area (Å²) in [7, 11) is 0. The molecule has 1 fully saturated rings. The summed E-state index contributed by atoms with van der Waals surface area (Å²) < 4.78 is 1.38. The Morgan fingerprint density at radius 1 is 1.35 bits per heavy atom. The smallest absolute Gasteiger partial charge is 0.342 e. The van der Waals surface area contributed by atoms with Crippen LogP contribution in [0.4, 0.5) is 0 Å². The number of nitrogens with zero attached hydrogens (tertiary/aromatic N) is 1. The van der Waals surface area contributed by atoms with Crippen LogP contribution in [0.5, 0.6) is 0 Å². The summed E-state index contributed by atoms with van der Waals surface area (Å²) in [6.07, 6.45) is 7.36. The second kappa shape index (κ2) is 6.07. The van der Waals surface area contributed by atoms with E-state index in [1.54, 1.807) is 0 Å². The van der Waals surface area contributed by atoms with E-state index in [1.807, 2.05) is 0 Å². The Morgan fingerprint density at radius 2 is 2.00 bits per heavy atom. The highest BCUT2D eigenvalue weighted by Gasteiger charge is 2.24. The van der Waals surface area contributed by atoms with Crippen LogP contribution in [-0.2, 0) is 0 Å². The first-order valence-corrected chi connectivity index (χ1v) is 7.11. The molecule has 2 N–H and O–H groups in total. The van der Waals surface area contributed by atoms with Crippen LogP contribution in [-0.4, -0.2) is 20.6 Å². The SMILES string of the molecule is CCCC1CCC(n2cc(C(=O)O)c(=O)[nH]c2=O)CC1. The second-order valence-corrected chi connectivity index (χ2v) is 5.48. The Hall–Kier alpha value is -1.85. The predicted octanol–water partition coefficient (Wildman–Crippen LogP) is 1.77. The van der Waals surface area contributed by atoms with Crippen molar-refractivity contribution in [2.75, 3.05) is 0 Å². The molecule has 1 heterocycles. The summed E-state index contributed by atoms with van der Waals surface area (Å²) in [6, 6.07) is -0.00874. The van der Waals surface area contributed by atoms with Gasteiger partial charge in [-0.05, 0) is 31.6 Å². The quantitative estimate of drug-likeness (QED) is 0.879. The molecule has 1 aliphatic rings. The van der Waals surface area contributed by atoms with Gasteiger partial charge in [-0.2, -0.15) is 0 Å². The molecule has 1 aromatic heterocycles. The monoisotopic (exact) mass is 280 g/mol. The third-order valence-electron chi connectivity index (χ3n) is 4.10. The van der Waals surface area contributed by atoms with Gasteiger partial charge in [0.15, 0.2) is 0 Å². The van der Waals surface area contributed by atoms with E-state index in [1.165, 1.54) is 17.2 Å². The normalized spacial score (nSPS) is 22.6. The fourth-order valence-electron chi connectivity index (χ4n) is 3.03. The number of carboxylic acids is 1. The lowest BCUT2D eigenvalue weighted by Crippen LogP contribution is -2.36. The molecular formula is C14H20N2O4. The Balaban J connectivity index is 2.22. The van der Waals surface area contributed by atoms with Crippen LogP contribution in [0.2, 0.25) is 0 Å². The van der Waals surface area contributed by atoms with E-state index in [4.69, 9.17) is 5.11 Å². The van der Waals surface area contributed by atoms with Crippen molar-refractivity contribution < 1.29 is 9.90 Å². The molecule has 0 aromatic carbocycles. The van der Waals surface area contributed by atoms with Crippen LogP contribution < -0.4 is 11.2 Å². The maximum atomic E-state index is 11.8. The maximum Gasteiger partial charge on any atom is 0.342 e. The van der Waals surface area contributed by atoms with Crippen LogP contribution in [0.25, 0.3) is 0 Å². The number of rotatable bonds is 4. The highest BCUT2D eigenvalue weighted by molar-refractivity contribution is 5.86. The van der Waals surface area contributed by atoms with Crippen LogP contribution in [0.3, 0.4) is 0 Å². The fourth-order valence-corrected chi connectivity index (χ4v) is 3.03. The van der Waals surface area contributed by atoms with Gasteiger partial charge in [0.05, 0.1) is 0 Å². The molecule has 0 atom stereocenters. The van der Waals surface area contributed by atoms with Gasteiger partial charge in [-0.15, -0.1) is 0 Å². The third kappa shape index (κ3) is 3.00. The first-order valence-electron chi connectivity index (χ1n) is 7.11. The average Bonchev–Trinajstić information content (AvgIpc) is 2.40. The number of aromatic carboxylic acids is 1. The van der Waals surface area contributed by atoms with Gasteiger partial charge in [0.2, 0.25) is 0 Å². The summed E-state index contributed by atoms with van der Waals surface area (Å²) in [5.74, 6) is -0.603. The minimum atomic E-state index is -1.31. The van der Waals surface area contributed by atoms with E-state index in [2.05, 4.69) is 11.9 Å². The van der Waals surface area contributed by atoms with Crippen molar-refractivity contribution in [1.82, 2.24) is 9.55 Å². The fraction of sp³-hybridized carbons (Fsp3) is 0.643. The Labute approximate surface area is 116 Å². The minimum absolute atomic E-state index is 0.00874. The molecule has 20 heavy (non-hydrogen) atoms. The molecule has 0 unspecified atom stereocenters. The summed E-state index contributed by atoms with van der Waals surface area (Å²) in [5.41, 5.74) is -1.72. The molecule has 6 heteroatoms. The number of hydrogen-bond acceptors (Lipinski definition) is 3. The number of aromatic nitrogens is 2. The number of aromatic amines is 1. The van der Waals surface area contributed by atoms with E-state index in [-0.39, 0.29) is 11.6 Å².